The molecule has 0 atom stereocenters. The lowest BCUT2D eigenvalue weighted by Gasteiger charge is -2.36. The zero-order valence-corrected chi connectivity index (χ0v) is 17.8. The number of hydrogen-bond donors (Lipinski definition) is 2. The van der Waals surface area contributed by atoms with Gasteiger partial charge in [0, 0.05) is 58.4 Å². The Labute approximate surface area is 176 Å². The number of nitrogens with zero attached hydrogens (tertiary/aromatic N) is 4. The van der Waals surface area contributed by atoms with Crippen molar-refractivity contribution in [3.8, 4) is 11.5 Å². The topological polar surface area (TPSA) is 98.7 Å². The minimum Gasteiger partial charge on any atom is -0.497 e. The molecule has 10 nitrogen and oxygen atoms in total. The van der Waals surface area contributed by atoms with E-state index in [1.807, 2.05) is 18.2 Å². The van der Waals surface area contributed by atoms with Gasteiger partial charge in [-0.05, 0) is 18.2 Å². The first kappa shape index (κ1) is 21.7. The zero-order valence-electron chi connectivity index (χ0n) is 17.8. The molecular formula is C20H30N6O4. The van der Waals surface area contributed by atoms with Gasteiger partial charge in [-0.1, -0.05) is 0 Å². The van der Waals surface area contributed by atoms with Crippen molar-refractivity contribution in [1.82, 2.24) is 25.3 Å². The normalized spacial score (nSPS) is 17.9. The molecule has 3 rings (SSSR count). The van der Waals surface area contributed by atoms with Gasteiger partial charge in [-0.3, -0.25) is 19.6 Å². The number of ether oxygens (including phenoxy) is 2. The minimum absolute atomic E-state index is 0.0770. The van der Waals surface area contributed by atoms with Gasteiger partial charge in [-0.2, -0.15) is 0 Å². The van der Waals surface area contributed by atoms with Gasteiger partial charge in [0.2, 0.25) is 5.91 Å². The maximum atomic E-state index is 11.7. The lowest BCUT2D eigenvalue weighted by molar-refractivity contribution is -0.124. The van der Waals surface area contributed by atoms with Crippen LogP contribution in [0.5, 0.6) is 11.5 Å². The summed E-state index contributed by atoms with van der Waals surface area (Å²) in [6, 6.07) is 5.51. The molecule has 2 heterocycles. The molecule has 0 bridgehead atoms. The number of rotatable bonds is 7. The van der Waals surface area contributed by atoms with E-state index in [9.17, 15) is 9.59 Å². The van der Waals surface area contributed by atoms with Crippen molar-refractivity contribution >= 4 is 17.9 Å². The number of carbonyl (C=O) groups is 2. The highest BCUT2D eigenvalue weighted by atomic mass is 16.5. The third kappa shape index (κ3) is 5.12. The van der Waals surface area contributed by atoms with Crippen LogP contribution >= 0.6 is 0 Å². The molecule has 0 radical (unpaired) electrons. The molecule has 0 unspecified atom stereocenters. The molecule has 3 amide bonds. The molecule has 0 saturated carbocycles. The number of urea groups is 1. The molecule has 30 heavy (non-hydrogen) atoms. The van der Waals surface area contributed by atoms with Gasteiger partial charge in [0.05, 0.1) is 20.8 Å². The number of piperazine rings is 1. The first-order valence-corrected chi connectivity index (χ1v) is 10.0. The molecule has 1 aromatic rings. The average molecular weight is 418 g/mol. The zero-order chi connectivity index (χ0) is 21.5. The van der Waals surface area contributed by atoms with Crippen molar-refractivity contribution in [2.45, 2.75) is 6.54 Å². The third-order valence-corrected chi connectivity index (χ3v) is 5.32. The summed E-state index contributed by atoms with van der Waals surface area (Å²) in [7, 11) is 5.08. The fourth-order valence-electron chi connectivity index (χ4n) is 3.66. The summed E-state index contributed by atoms with van der Waals surface area (Å²) in [5.74, 6) is 2.26. The molecule has 10 heteroatoms. The molecule has 2 aliphatic rings. The molecule has 0 aliphatic carbocycles. The first-order chi connectivity index (χ1) is 14.5. The Kier molecular flexibility index (Phi) is 7.34. The van der Waals surface area contributed by atoms with E-state index in [0.29, 0.717) is 13.1 Å². The van der Waals surface area contributed by atoms with Crippen molar-refractivity contribution < 1.29 is 19.1 Å². The van der Waals surface area contributed by atoms with Crippen LogP contribution < -0.4 is 20.1 Å². The van der Waals surface area contributed by atoms with E-state index in [0.717, 1.165) is 55.7 Å². The van der Waals surface area contributed by atoms with Gasteiger partial charge in [-0.15, -0.1) is 0 Å². The number of carbonyl (C=O) groups excluding carboxylic acids is 2. The van der Waals surface area contributed by atoms with Gasteiger partial charge in [0.15, 0.2) is 5.96 Å². The monoisotopic (exact) mass is 418 g/mol. The Balaban J connectivity index is 1.48. The van der Waals surface area contributed by atoms with E-state index in [-0.39, 0.29) is 18.5 Å². The van der Waals surface area contributed by atoms with Crippen LogP contribution in [0.25, 0.3) is 0 Å². The quantitative estimate of drug-likeness (QED) is 0.364. The minimum atomic E-state index is -0.335. The number of amides is 3. The van der Waals surface area contributed by atoms with E-state index in [4.69, 9.17) is 9.47 Å². The Morgan fingerprint density at radius 3 is 2.53 bits per heavy atom. The van der Waals surface area contributed by atoms with Crippen molar-refractivity contribution in [1.29, 1.82) is 0 Å². The van der Waals surface area contributed by atoms with E-state index >= 15 is 0 Å². The molecule has 2 saturated heterocycles. The lowest BCUT2D eigenvalue weighted by Crippen LogP contribution is -2.53. The lowest BCUT2D eigenvalue weighted by atomic mass is 10.1. The predicted octanol–water partition coefficient (Wildman–Crippen LogP) is -0.0514. The first-order valence-electron chi connectivity index (χ1n) is 10.0. The second kappa shape index (κ2) is 10.1. The standard InChI is InChI=1S/C20H30N6O4/c1-21-19(22-6-7-26-18(27)13-23-20(26)28)25-10-8-24(9-11-25)14-15-12-16(29-2)4-5-17(15)30-3/h4-5,12H,6-11,13-14H2,1-3H3,(H,21,22)(H,23,28). The van der Waals surface area contributed by atoms with Crippen LogP contribution in [-0.2, 0) is 11.3 Å². The number of nitrogens with one attached hydrogen (secondary N) is 2. The van der Waals surface area contributed by atoms with Crippen LogP contribution in [0.15, 0.2) is 23.2 Å². The predicted molar refractivity (Wildman–Crippen MR) is 113 cm³/mol. The highest BCUT2D eigenvalue weighted by Gasteiger charge is 2.28. The summed E-state index contributed by atoms with van der Waals surface area (Å²) in [6.07, 6.45) is 0. The summed E-state index contributed by atoms with van der Waals surface area (Å²) in [5, 5.41) is 5.77. The molecular weight excluding hydrogens is 388 g/mol. The summed E-state index contributed by atoms with van der Waals surface area (Å²) in [6.45, 7) is 5.07. The second-order valence-electron chi connectivity index (χ2n) is 7.12. The van der Waals surface area contributed by atoms with E-state index in [1.54, 1.807) is 21.3 Å². The maximum Gasteiger partial charge on any atom is 0.324 e. The molecule has 1 aromatic carbocycles. The Hall–Kier alpha value is -3.01. The molecule has 2 N–H and O–H groups in total. The Morgan fingerprint density at radius 2 is 1.93 bits per heavy atom. The van der Waals surface area contributed by atoms with Gasteiger partial charge in [0.25, 0.3) is 0 Å². The largest absolute Gasteiger partial charge is 0.497 e. The number of imide groups is 1. The molecule has 2 fully saturated rings. The second-order valence-corrected chi connectivity index (χ2v) is 7.12. The number of hydrogen-bond acceptors (Lipinski definition) is 6. The van der Waals surface area contributed by atoms with E-state index in [2.05, 4.69) is 25.4 Å². The van der Waals surface area contributed by atoms with Gasteiger partial charge >= 0.3 is 6.03 Å². The van der Waals surface area contributed by atoms with Crippen LogP contribution in [0.4, 0.5) is 4.79 Å². The molecule has 164 valence electrons. The molecule has 0 spiro atoms. The van der Waals surface area contributed by atoms with E-state index < -0.39 is 0 Å². The van der Waals surface area contributed by atoms with Crippen molar-refractivity contribution in [2.75, 3.05) is 67.1 Å². The van der Waals surface area contributed by atoms with Crippen LogP contribution in [-0.4, -0.2) is 99.7 Å². The van der Waals surface area contributed by atoms with Crippen LogP contribution in [0.3, 0.4) is 0 Å². The van der Waals surface area contributed by atoms with Crippen LogP contribution in [0, 0.1) is 0 Å². The van der Waals surface area contributed by atoms with Gasteiger partial charge < -0.3 is 25.0 Å². The Morgan fingerprint density at radius 1 is 1.17 bits per heavy atom. The summed E-state index contributed by atoms with van der Waals surface area (Å²) in [4.78, 5) is 33.4. The highest BCUT2D eigenvalue weighted by Crippen LogP contribution is 2.25. The SMILES string of the molecule is CN=C(NCCN1C(=O)CNC1=O)N1CCN(Cc2cc(OC)ccc2OC)CC1. The molecule has 0 aromatic heterocycles. The fraction of sp³-hybridized carbons (Fsp3) is 0.550. The van der Waals surface area contributed by atoms with Crippen LogP contribution in [0.1, 0.15) is 5.56 Å². The maximum absolute atomic E-state index is 11.7. The number of aliphatic imine (C=N–C) groups is 1. The highest BCUT2D eigenvalue weighted by molar-refractivity contribution is 6.01. The summed E-state index contributed by atoms with van der Waals surface area (Å²) >= 11 is 0. The summed E-state index contributed by atoms with van der Waals surface area (Å²) < 4.78 is 10.8. The smallest absolute Gasteiger partial charge is 0.324 e. The van der Waals surface area contributed by atoms with Crippen molar-refractivity contribution in [2.24, 2.45) is 4.99 Å². The Bertz CT molecular complexity index is 776. The van der Waals surface area contributed by atoms with Crippen molar-refractivity contribution in [3.05, 3.63) is 23.8 Å². The summed E-state index contributed by atoms with van der Waals surface area (Å²) in [5.41, 5.74) is 1.10. The molecule has 2 aliphatic heterocycles. The number of benzene rings is 1. The third-order valence-electron chi connectivity index (χ3n) is 5.32. The van der Waals surface area contributed by atoms with Crippen molar-refractivity contribution in [3.63, 3.8) is 0 Å². The van der Waals surface area contributed by atoms with Crippen LogP contribution in [0.2, 0.25) is 0 Å². The van der Waals surface area contributed by atoms with E-state index in [1.165, 1.54) is 4.90 Å². The fourth-order valence-corrected chi connectivity index (χ4v) is 3.66. The number of guanidine groups is 1. The number of methoxy groups -OCH3 is 2. The van der Waals surface area contributed by atoms with Gasteiger partial charge in [-0.25, -0.2) is 4.79 Å². The van der Waals surface area contributed by atoms with Gasteiger partial charge in [0.1, 0.15) is 11.5 Å². The average Bonchev–Trinajstić information content (AvgIpc) is 3.09.